The van der Waals surface area contributed by atoms with Crippen molar-refractivity contribution >= 4 is 10.1 Å². The maximum atomic E-state index is 11.2. The minimum Gasteiger partial charge on any atom is -0.360 e. The van der Waals surface area contributed by atoms with Gasteiger partial charge in [-0.05, 0) is 12.8 Å². The van der Waals surface area contributed by atoms with Gasteiger partial charge in [0.2, 0.25) is 0 Å². The minimum atomic E-state index is -4.00. The van der Waals surface area contributed by atoms with Crippen molar-refractivity contribution in [2.75, 3.05) is 5.94 Å². The highest BCUT2D eigenvalue weighted by molar-refractivity contribution is 7.85. The van der Waals surface area contributed by atoms with Crippen molar-refractivity contribution in [3.05, 3.63) is 0 Å². The van der Waals surface area contributed by atoms with Crippen LogP contribution in [0, 0.1) is 5.92 Å². The summed E-state index contributed by atoms with van der Waals surface area (Å²) in [7, 11) is -3.97. The third-order valence-corrected chi connectivity index (χ3v) is 2.61. The molecule has 0 saturated heterocycles. The van der Waals surface area contributed by atoms with E-state index in [1.165, 1.54) is 0 Å². The van der Waals surface area contributed by atoms with E-state index in [9.17, 15) is 21.6 Å². The van der Waals surface area contributed by atoms with Gasteiger partial charge in [0.05, 0.1) is 6.10 Å². The molecule has 8 heteroatoms. The molecule has 0 spiro atoms. The van der Waals surface area contributed by atoms with Crippen LogP contribution in [0.15, 0.2) is 0 Å². The van der Waals surface area contributed by atoms with Crippen LogP contribution in [0.3, 0.4) is 0 Å². The second-order valence-electron chi connectivity index (χ2n) is 4.38. The highest BCUT2D eigenvalue weighted by Gasteiger charge is 2.31. The highest BCUT2D eigenvalue weighted by atomic mass is 32.2. The van der Waals surface area contributed by atoms with Gasteiger partial charge < -0.3 is 4.74 Å². The van der Waals surface area contributed by atoms with E-state index in [4.69, 9.17) is 9.29 Å². The summed E-state index contributed by atoms with van der Waals surface area (Å²) >= 11 is 0. The SMILES string of the molecule is C.CC(C)C(F)(F)F.CCCC(CC)OCS(=O)(=O)O. The van der Waals surface area contributed by atoms with E-state index in [0.29, 0.717) is 0 Å². The lowest BCUT2D eigenvalue weighted by Crippen LogP contribution is -2.17. The van der Waals surface area contributed by atoms with Crippen LogP contribution in [0.2, 0.25) is 0 Å². The molecule has 1 unspecified atom stereocenters. The van der Waals surface area contributed by atoms with Crippen LogP contribution in [0.25, 0.3) is 0 Å². The lowest BCUT2D eigenvalue weighted by molar-refractivity contribution is -0.164. The first-order chi connectivity index (χ1) is 8.44. The van der Waals surface area contributed by atoms with Gasteiger partial charge in [0.15, 0.2) is 5.94 Å². The van der Waals surface area contributed by atoms with Crippen molar-refractivity contribution in [2.24, 2.45) is 5.92 Å². The van der Waals surface area contributed by atoms with E-state index in [-0.39, 0.29) is 13.5 Å². The highest BCUT2D eigenvalue weighted by Crippen LogP contribution is 2.24. The predicted octanol–water partition coefficient (Wildman–Crippen LogP) is 4.27. The number of hydrogen-bond acceptors (Lipinski definition) is 3. The van der Waals surface area contributed by atoms with Crippen molar-refractivity contribution in [3.63, 3.8) is 0 Å². The quantitative estimate of drug-likeness (QED) is 0.741. The summed E-state index contributed by atoms with van der Waals surface area (Å²) in [6, 6.07) is 0. The number of rotatable bonds is 6. The van der Waals surface area contributed by atoms with Crippen LogP contribution in [0.1, 0.15) is 54.4 Å². The Morgan fingerprint density at radius 3 is 1.80 bits per heavy atom. The van der Waals surface area contributed by atoms with E-state index in [1.54, 1.807) is 0 Å². The van der Waals surface area contributed by atoms with Crippen molar-refractivity contribution in [3.8, 4) is 0 Å². The fourth-order valence-corrected chi connectivity index (χ4v) is 1.27. The van der Waals surface area contributed by atoms with E-state index < -0.39 is 28.2 Å². The molecular formula is C12H27F3O4S. The summed E-state index contributed by atoms with van der Waals surface area (Å²) < 4.78 is 67.4. The molecule has 20 heavy (non-hydrogen) atoms. The normalized spacial score (nSPS) is 13.2. The summed E-state index contributed by atoms with van der Waals surface area (Å²) in [5.74, 6) is -1.79. The number of halogens is 3. The zero-order valence-electron chi connectivity index (χ0n) is 11.7. The molecule has 4 nitrogen and oxygen atoms in total. The summed E-state index contributed by atoms with van der Waals surface area (Å²) in [4.78, 5) is 0. The Morgan fingerprint density at radius 1 is 1.20 bits per heavy atom. The lowest BCUT2D eigenvalue weighted by atomic mass is 10.2. The van der Waals surface area contributed by atoms with Gasteiger partial charge in [0.1, 0.15) is 0 Å². The van der Waals surface area contributed by atoms with Crippen LogP contribution in [0.4, 0.5) is 13.2 Å². The van der Waals surface area contributed by atoms with Gasteiger partial charge in [0.25, 0.3) is 10.1 Å². The van der Waals surface area contributed by atoms with Crippen LogP contribution in [-0.2, 0) is 14.9 Å². The summed E-state index contributed by atoms with van der Waals surface area (Å²) in [6.07, 6.45) is -1.52. The Kier molecular flexibility index (Phi) is 14.0. The third kappa shape index (κ3) is 17.7. The average molecular weight is 324 g/mol. The molecule has 0 amide bonds. The Balaban J connectivity index is -0.000000312. The van der Waals surface area contributed by atoms with Crippen molar-refractivity contribution in [1.82, 2.24) is 0 Å². The molecule has 0 fully saturated rings. The zero-order chi connectivity index (χ0) is 15.7. The maximum absolute atomic E-state index is 11.2. The van der Waals surface area contributed by atoms with Gasteiger partial charge in [0, 0.05) is 5.92 Å². The van der Waals surface area contributed by atoms with E-state index in [2.05, 4.69) is 0 Å². The molecule has 0 aliphatic carbocycles. The molecule has 0 bridgehead atoms. The Labute approximate surface area is 120 Å². The molecule has 0 aromatic carbocycles. The van der Waals surface area contributed by atoms with Crippen LogP contribution >= 0.6 is 0 Å². The molecule has 0 saturated carbocycles. The molecule has 126 valence electrons. The maximum Gasteiger partial charge on any atom is 0.391 e. The van der Waals surface area contributed by atoms with Crippen LogP contribution in [-0.4, -0.2) is 31.2 Å². The van der Waals surface area contributed by atoms with Gasteiger partial charge in [-0.3, -0.25) is 4.55 Å². The molecule has 0 aromatic heterocycles. The first kappa shape index (κ1) is 24.7. The molecule has 0 heterocycles. The smallest absolute Gasteiger partial charge is 0.360 e. The molecule has 0 aliphatic heterocycles. The van der Waals surface area contributed by atoms with Crippen molar-refractivity contribution in [1.29, 1.82) is 0 Å². The molecule has 1 atom stereocenters. The van der Waals surface area contributed by atoms with E-state index in [1.807, 2.05) is 13.8 Å². The van der Waals surface area contributed by atoms with Gasteiger partial charge in [-0.25, -0.2) is 0 Å². The largest absolute Gasteiger partial charge is 0.391 e. The van der Waals surface area contributed by atoms with Crippen molar-refractivity contribution < 1.29 is 30.9 Å². The first-order valence-corrected chi connectivity index (χ1v) is 7.68. The third-order valence-electron chi connectivity index (χ3n) is 2.17. The molecule has 0 aliphatic rings. The summed E-state index contributed by atoms with van der Waals surface area (Å²) in [6.45, 7) is 6.17. The lowest BCUT2D eigenvalue weighted by Gasteiger charge is -2.13. The van der Waals surface area contributed by atoms with Crippen LogP contribution in [0.5, 0.6) is 0 Å². The van der Waals surface area contributed by atoms with Crippen LogP contribution < -0.4 is 0 Å². The van der Waals surface area contributed by atoms with Gasteiger partial charge in [-0.1, -0.05) is 41.5 Å². The van der Waals surface area contributed by atoms with Gasteiger partial charge in [-0.2, -0.15) is 21.6 Å². The average Bonchev–Trinajstić information content (AvgIpc) is 2.22. The standard InChI is InChI=1S/C7H16O4S.C4H7F3.CH4/c1-3-5-7(4-2)11-6-12(8,9)10;1-3(2)4(5,6)7;/h7H,3-6H2,1-2H3,(H,8,9,10);3H,1-2H3;1H4. The molecule has 0 radical (unpaired) electrons. The molecular weight excluding hydrogens is 297 g/mol. The number of hydrogen-bond donors (Lipinski definition) is 1. The monoisotopic (exact) mass is 324 g/mol. The number of alkyl halides is 3. The fraction of sp³-hybridized carbons (Fsp3) is 1.00. The van der Waals surface area contributed by atoms with Crippen molar-refractivity contribution in [2.45, 2.75) is 66.7 Å². The number of ether oxygens (including phenoxy) is 1. The molecule has 0 rings (SSSR count). The minimum absolute atomic E-state index is 0. The Hall–Kier alpha value is -0.340. The Morgan fingerprint density at radius 2 is 1.60 bits per heavy atom. The molecule has 0 aromatic rings. The summed E-state index contributed by atoms with van der Waals surface area (Å²) in [5, 5.41) is 0. The fourth-order valence-electron chi connectivity index (χ4n) is 0.909. The summed E-state index contributed by atoms with van der Waals surface area (Å²) in [5.41, 5.74) is 0. The topological polar surface area (TPSA) is 63.6 Å². The van der Waals surface area contributed by atoms with Gasteiger partial charge in [-0.15, -0.1) is 0 Å². The first-order valence-electron chi connectivity index (χ1n) is 6.07. The predicted molar refractivity (Wildman–Crippen MR) is 74.1 cm³/mol. The second-order valence-corrected chi connectivity index (χ2v) is 5.78. The van der Waals surface area contributed by atoms with E-state index in [0.717, 1.165) is 33.1 Å². The van der Waals surface area contributed by atoms with E-state index >= 15 is 0 Å². The Bertz CT molecular complexity index is 313. The van der Waals surface area contributed by atoms with Gasteiger partial charge >= 0.3 is 6.18 Å². The zero-order valence-corrected chi connectivity index (χ0v) is 12.5. The molecule has 1 N–H and O–H groups in total. The second kappa shape index (κ2) is 11.3.